The molecule has 2 atom stereocenters. The van der Waals surface area contributed by atoms with Gasteiger partial charge in [-0.3, -0.25) is 9.59 Å². The first-order chi connectivity index (χ1) is 14.5. The van der Waals surface area contributed by atoms with Crippen LogP contribution in [0.3, 0.4) is 0 Å². The Morgan fingerprint density at radius 1 is 1.10 bits per heavy atom. The van der Waals surface area contributed by atoms with Gasteiger partial charge in [0, 0.05) is 15.4 Å². The number of alkyl halides is 3. The molecule has 3 nitrogen and oxygen atoms in total. The molecule has 0 amide bonds. The number of ether oxygens (including phenoxy) is 1. The summed E-state index contributed by atoms with van der Waals surface area (Å²) in [5, 5.41) is 0. The molecular weight excluding hydrogens is 425 g/mol. The monoisotopic (exact) mass is 446 g/mol. The summed E-state index contributed by atoms with van der Waals surface area (Å²) in [5.74, 6) is -0.936. The van der Waals surface area contributed by atoms with Gasteiger partial charge < -0.3 is 4.74 Å². The Balaban J connectivity index is 1.86. The molecule has 0 N–H and O–H groups in total. The van der Waals surface area contributed by atoms with E-state index < -0.39 is 35.0 Å². The maximum atomic E-state index is 13.6. The van der Waals surface area contributed by atoms with Gasteiger partial charge in [-0.25, -0.2) is 0 Å². The molecule has 2 bridgehead atoms. The summed E-state index contributed by atoms with van der Waals surface area (Å²) in [6, 6.07) is 11.4. The average molecular weight is 446 g/mol. The lowest BCUT2D eigenvalue weighted by atomic mass is 9.88. The number of rotatable bonds is 4. The summed E-state index contributed by atoms with van der Waals surface area (Å²) in [4.78, 5) is 28.1. The first kappa shape index (κ1) is 21.8. The van der Waals surface area contributed by atoms with E-state index in [2.05, 4.69) is 0 Å². The molecule has 2 aliphatic heterocycles. The maximum absolute atomic E-state index is 13.6. The van der Waals surface area contributed by atoms with E-state index in [9.17, 15) is 22.8 Å². The second kappa shape index (κ2) is 7.64. The molecule has 7 heteroatoms. The van der Waals surface area contributed by atoms with Gasteiger partial charge in [0.2, 0.25) is 0 Å². The van der Waals surface area contributed by atoms with Crippen molar-refractivity contribution in [2.75, 3.05) is 0 Å². The number of ketones is 2. The van der Waals surface area contributed by atoms with Crippen molar-refractivity contribution in [3.63, 3.8) is 0 Å². The average Bonchev–Trinajstić information content (AvgIpc) is 3.08. The third-order valence-electron chi connectivity index (χ3n) is 6.06. The largest absolute Gasteiger partial charge is 0.416 e. The van der Waals surface area contributed by atoms with Crippen molar-refractivity contribution >= 4 is 23.3 Å². The van der Waals surface area contributed by atoms with Crippen molar-refractivity contribution in [3.8, 4) is 0 Å². The van der Waals surface area contributed by atoms with Crippen molar-refractivity contribution in [1.29, 1.82) is 0 Å². The van der Waals surface area contributed by atoms with E-state index in [1.165, 1.54) is 31.7 Å². The summed E-state index contributed by atoms with van der Waals surface area (Å²) >= 11 is 1.31. The minimum absolute atomic E-state index is 0.00935. The van der Waals surface area contributed by atoms with E-state index in [4.69, 9.17) is 4.74 Å². The highest BCUT2D eigenvalue weighted by molar-refractivity contribution is 8.03. The van der Waals surface area contributed by atoms with E-state index in [-0.39, 0.29) is 22.3 Å². The SMILES string of the molecule is Cc1c(C(=O)C2=C(Sc3ccccc3)C3(C)CCC(O3)C2=O)ccc(C(F)(F)F)c1C. The minimum Gasteiger partial charge on any atom is -0.359 e. The molecule has 2 aliphatic rings. The number of benzene rings is 2. The van der Waals surface area contributed by atoms with Crippen molar-refractivity contribution in [2.45, 2.75) is 56.4 Å². The van der Waals surface area contributed by atoms with Gasteiger partial charge in [0.15, 0.2) is 11.6 Å². The predicted molar refractivity (Wildman–Crippen MR) is 112 cm³/mol. The number of carbonyl (C=O) groups is 2. The van der Waals surface area contributed by atoms with Gasteiger partial charge in [0.1, 0.15) is 6.10 Å². The molecule has 0 aliphatic carbocycles. The van der Waals surface area contributed by atoms with Gasteiger partial charge in [0.25, 0.3) is 0 Å². The van der Waals surface area contributed by atoms with Gasteiger partial charge >= 0.3 is 6.18 Å². The molecule has 1 fully saturated rings. The van der Waals surface area contributed by atoms with Crippen molar-refractivity contribution in [3.05, 3.63) is 75.2 Å². The zero-order valence-corrected chi connectivity index (χ0v) is 18.1. The Labute approximate surface area is 182 Å². The second-order valence-corrected chi connectivity index (χ2v) is 9.18. The summed E-state index contributed by atoms with van der Waals surface area (Å²) in [5.41, 5.74) is -1.19. The third-order valence-corrected chi connectivity index (χ3v) is 7.41. The first-order valence-corrected chi connectivity index (χ1v) is 10.8. The summed E-state index contributed by atoms with van der Waals surface area (Å²) in [6.07, 6.45) is -4.10. The zero-order valence-electron chi connectivity index (χ0n) is 17.3. The Hall–Kier alpha value is -2.38. The summed E-state index contributed by atoms with van der Waals surface area (Å²) in [7, 11) is 0. The lowest BCUT2D eigenvalue weighted by Gasteiger charge is -2.33. The Kier molecular flexibility index (Phi) is 5.38. The molecule has 2 aromatic rings. The van der Waals surface area contributed by atoms with Crippen molar-refractivity contribution < 1.29 is 27.5 Å². The number of hydrogen-bond acceptors (Lipinski definition) is 4. The molecule has 31 heavy (non-hydrogen) atoms. The van der Waals surface area contributed by atoms with Crippen LogP contribution in [0, 0.1) is 13.8 Å². The van der Waals surface area contributed by atoms with Crippen molar-refractivity contribution in [2.24, 2.45) is 0 Å². The molecule has 162 valence electrons. The number of fused-ring (bicyclic) bond motifs is 2. The number of halogens is 3. The van der Waals surface area contributed by atoms with Crippen LogP contribution in [0.15, 0.2) is 57.8 Å². The molecule has 4 rings (SSSR count). The predicted octanol–water partition coefficient (Wildman–Crippen LogP) is 6.07. The molecule has 0 spiro atoms. The Morgan fingerprint density at radius 2 is 1.77 bits per heavy atom. The third kappa shape index (κ3) is 3.74. The van der Waals surface area contributed by atoms with Crippen LogP contribution in [0.4, 0.5) is 13.2 Å². The van der Waals surface area contributed by atoms with Crippen LogP contribution in [0.5, 0.6) is 0 Å². The molecule has 0 radical (unpaired) electrons. The number of hydrogen-bond donors (Lipinski definition) is 0. The van der Waals surface area contributed by atoms with Crippen LogP contribution >= 0.6 is 11.8 Å². The van der Waals surface area contributed by atoms with E-state index in [0.717, 1.165) is 11.0 Å². The van der Waals surface area contributed by atoms with Crippen LogP contribution in [0.1, 0.15) is 46.8 Å². The lowest BCUT2D eigenvalue weighted by molar-refractivity contribution is -0.138. The highest BCUT2D eigenvalue weighted by atomic mass is 32.2. The Bertz CT molecular complexity index is 1110. The molecular formula is C24H21F3O3S. The first-order valence-electron chi connectivity index (χ1n) is 9.95. The highest BCUT2D eigenvalue weighted by Crippen LogP contribution is 2.50. The minimum atomic E-state index is -4.51. The normalized spacial score (nSPS) is 23.4. The van der Waals surface area contributed by atoms with Gasteiger partial charge in [-0.15, -0.1) is 0 Å². The van der Waals surface area contributed by atoms with Crippen LogP contribution in [-0.2, 0) is 15.7 Å². The highest BCUT2D eigenvalue weighted by Gasteiger charge is 2.51. The number of Topliss-reactive ketones (excluding diaryl/α,β-unsaturated/α-hetero) is 2. The fourth-order valence-corrected chi connectivity index (χ4v) is 5.41. The van der Waals surface area contributed by atoms with Crippen LogP contribution in [0.2, 0.25) is 0 Å². The molecule has 0 saturated carbocycles. The topological polar surface area (TPSA) is 43.4 Å². The van der Waals surface area contributed by atoms with E-state index >= 15 is 0 Å². The quantitative estimate of drug-likeness (QED) is 0.422. The molecule has 2 aromatic carbocycles. The van der Waals surface area contributed by atoms with Crippen LogP contribution in [-0.4, -0.2) is 23.3 Å². The fraction of sp³-hybridized carbons (Fsp3) is 0.333. The van der Waals surface area contributed by atoms with Gasteiger partial charge in [0.05, 0.1) is 16.7 Å². The lowest BCUT2D eigenvalue weighted by Crippen LogP contribution is -2.39. The maximum Gasteiger partial charge on any atom is 0.416 e. The second-order valence-electron chi connectivity index (χ2n) is 8.10. The van der Waals surface area contributed by atoms with Gasteiger partial charge in [-0.05, 0) is 62.9 Å². The smallest absolute Gasteiger partial charge is 0.359 e. The van der Waals surface area contributed by atoms with E-state index in [1.54, 1.807) is 0 Å². The fourth-order valence-electron chi connectivity index (χ4n) is 4.22. The number of thioether (sulfide) groups is 1. The Morgan fingerprint density at radius 3 is 2.42 bits per heavy atom. The van der Waals surface area contributed by atoms with Gasteiger partial charge in [-0.2, -0.15) is 13.2 Å². The van der Waals surface area contributed by atoms with E-state index in [1.807, 2.05) is 37.3 Å². The molecule has 1 saturated heterocycles. The molecule has 2 heterocycles. The van der Waals surface area contributed by atoms with E-state index in [0.29, 0.717) is 17.7 Å². The molecule has 0 aromatic heterocycles. The zero-order chi connectivity index (χ0) is 22.6. The van der Waals surface area contributed by atoms with Crippen LogP contribution < -0.4 is 0 Å². The molecule has 2 unspecified atom stereocenters. The standard InChI is InChI=1S/C24H21F3O3S/c1-13-14(2)17(24(25,26)27)10-9-16(13)20(28)19-21(29)18-11-12-23(3,30-18)22(19)31-15-7-5-4-6-8-15/h4-10,18H,11-12H2,1-3H3. The van der Waals surface area contributed by atoms with Gasteiger partial charge in [-0.1, -0.05) is 36.0 Å². The summed E-state index contributed by atoms with van der Waals surface area (Å²) < 4.78 is 45.8. The van der Waals surface area contributed by atoms with Crippen molar-refractivity contribution in [1.82, 2.24) is 0 Å². The number of carbonyl (C=O) groups excluding carboxylic acids is 2. The van der Waals surface area contributed by atoms with Crippen LogP contribution in [0.25, 0.3) is 0 Å². The summed E-state index contributed by atoms with van der Waals surface area (Å²) in [6.45, 7) is 4.70.